The molecule has 1 N–H and O–H groups in total. The van der Waals surface area contributed by atoms with Gasteiger partial charge in [-0.15, -0.1) is 0 Å². The molecule has 2 amide bonds. The minimum atomic E-state index is -1.44. The van der Waals surface area contributed by atoms with E-state index in [9.17, 15) is 19.5 Å². The Balaban J connectivity index is 1.56. The van der Waals surface area contributed by atoms with Crippen molar-refractivity contribution in [2.24, 2.45) is 11.8 Å². The number of cyclic esters (lactones) is 1. The normalized spacial score (nSPS) is 32.7. The molecule has 6 rings (SSSR count). The monoisotopic (exact) mass is 556 g/mol. The maximum atomic E-state index is 14.9. The molecule has 0 aliphatic carbocycles. The summed E-state index contributed by atoms with van der Waals surface area (Å²) >= 11 is 0. The van der Waals surface area contributed by atoms with E-state index in [2.05, 4.69) is 0 Å². The third kappa shape index (κ3) is 4.15. The number of aliphatic hydroxyl groups excluding tert-OH is 1. The van der Waals surface area contributed by atoms with Crippen molar-refractivity contribution < 1.29 is 29.0 Å². The molecule has 2 aromatic carbocycles. The van der Waals surface area contributed by atoms with Crippen LogP contribution < -0.4 is 4.90 Å². The zero-order chi connectivity index (χ0) is 28.9. The van der Waals surface area contributed by atoms with Crippen LogP contribution in [0.3, 0.4) is 0 Å². The molecular formula is C33H36N2O6. The van der Waals surface area contributed by atoms with Crippen LogP contribution in [-0.4, -0.2) is 64.8 Å². The van der Waals surface area contributed by atoms with Crippen molar-refractivity contribution in [3.8, 4) is 0 Å². The van der Waals surface area contributed by atoms with Gasteiger partial charge in [-0.05, 0) is 50.3 Å². The van der Waals surface area contributed by atoms with E-state index >= 15 is 0 Å². The average molecular weight is 557 g/mol. The number of para-hydroxylation sites is 1. The van der Waals surface area contributed by atoms with E-state index in [0.717, 1.165) is 16.8 Å². The van der Waals surface area contributed by atoms with Crippen LogP contribution in [-0.2, 0) is 23.9 Å². The number of esters is 1. The highest BCUT2D eigenvalue weighted by atomic mass is 16.6. The Bertz CT molecular complexity index is 1420. The molecule has 4 heterocycles. The first-order chi connectivity index (χ1) is 19.7. The number of aliphatic hydroxyl groups is 1. The van der Waals surface area contributed by atoms with Crippen molar-refractivity contribution in [2.75, 3.05) is 24.7 Å². The summed E-state index contributed by atoms with van der Waals surface area (Å²) in [5.41, 5.74) is 0.732. The first-order valence-electron chi connectivity index (χ1n) is 14.3. The maximum Gasteiger partial charge on any atom is 0.313 e. The van der Waals surface area contributed by atoms with Crippen LogP contribution in [0.15, 0.2) is 72.8 Å². The molecule has 0 aromatic heterocycles. The van der Waals surface area contributed by atoms with Crippen LogP contribution in [0.25, 0.3) is 0 Å². The van der Waals surface area contributed by atoms with E-state index in [0.29, 0.717) is 18.4 Å². The number of rotatable bonds is 4. The number of hydrogen-bond acceptors (Lipinski definition) is 6. The number of carbonyl (C=O) groups is 3. The quantitative estimate of drug-likeness (QED) is 0.455. The van der Waals surface area contributed by atoms with Gasteiger partial charge in [-0.2, -0.15) is 0 Å². The number of carbonyl (C=O) groups excluding carboxylic acids is 3. The fourth-order valence-corrected chi connectivity index (χ4v) is 7.37. The summed E-state index contributed by atoms with van der Waals surface area (Å²) < 4.78 is 12.6. The van der Waals surface area contributed by atoms with Gasteiger partial charge in [0.1, 0.15) is 17.6 Å². The smallest absolute Gasteiger partial charge is 0.313 e. The number of allylic oxidation sites excluding steroid dienone is 1. The van der Waals surface area contributed by atoms with Gasteiger partial charge in [0.25, 0.3) is 5.91 Å². The molecule has 4 aliphatic heterocycles. The molecule has 0 saturated carbocycles. The van der Waals surface area contributed by atoms with Gasteiger partial charge >= 0.3 is 5.97 Å². The van der Waals surface area contributed by atoms with Gasteiger partial charge < -0.3 is 24.4 Å². The fraction of sp³-hybridized carbons (Fsp3) is 0.424. The van der Waals surface area contributed by atoms with E-state index in [-0.39, 0.29) is 19.1 Å². The summed E-state index contributed by atoms with van der Waals surface area (Å²) in [6, 6.07) is 13.1. The first-order valence-corrected chi connectivity index (χ1v) is 14.3. The van der Waals surface area contributed by atoms with Crippen molar-refractivity contribution in [3.63, 3.8) is 0 Å². The van der Waals surface area contributed by atoms with E-state index in [1.165, 1.54) is 4.90 Å². The number of fused-ring (bicyclic) bond motifs is 2. The molecule has 0 radical (unpaired) electrons. The Morgan fingerprint density at radius 3 is 2.39 bits per heavy atom. The van der Waals surface area contributed by atoms with Crippen LogP contribution in [0, 0.1) is 25.7 Å². The number of amides is 2. The second-order valence-electron chi connectivity index (χ2n) is 11.7. The SMILES string of the molecule is Cc1cccc(C)c1N1CC=C[C@]23O[C@@]4(C)/C=C\CCCOC(=O)[C@H]4[C@H]2C(=O)N([C@H](CO)c2ccccc2)C3C1=O. The van der Waals surface area contributed by atoms with E-state index in [1.807, 2.05) is 86.7 Å². The summed E-state index contributed by atoms with van der Waals surface area (Å²) in [5.74, 6) is -3.20. The molecule has 1 spiro atoms. The molecule has 6 atom stereocenters. The van der Waals surface area contributed by atoms with Crippen molar-refractivity contribution in [2.45, 2.75) is 56.9 Å². The Kier molecular flexibility index (Phi) is 6.86. The molecular weight excluding hydrogens is 520 g/mol. The van der Waals surface area contributed by atoms with E-state index in [1.54, 1.807) is 11.8 Å². The highest BCUT2D eigenvalue weighted by molar-refractivity contribution is 6.06. The molecule has 2 aromatic rings. The van der Waals surface area contributed by atoms with Crippen LogP contribution in [0.4, 0.5) is 5.69 Å². The van der Waals surface area contributed by atoms with Crippen LogP contribution in [0.1, 0.15) is 42.5 Å². The number of nitrogens with zero attached hydrogens (tertiary/aromatic N) is 2. The van der Waals surface area contributed by atoms with Gasteiger partial charge in [0.05, 0.1) is 30.8 Å². The fourth-order valence-electron chi connectivity index (χ4n) is 7.37. The van der Waals surface area contributed by atoms with Crippen molar-refractivity contribution in [1.82, 2.24) is 4.90 Å². The summed E-state index contributed by atoms with van der Waals surface area (Å²) in [7, 11) is 0. The van der Waals surface area contributed by atoms with Gasteiger partial charge in [0.15, 0.2) is 0 Å². The highest BCUT2D eigenvalue weighted by Gasteiger charge is 2.75. The van der Waals surface area contributed by atoms with Gasteiger partial charge in [-0.3, -0.25) is 14.4 Å². The lowest BCUT2D eigenvalue weighted by molar-refractivity contribution is -0.159. The topological polar surface area (TPSA) is 96.4 Å². The highest BCUT2D eigenvalue weighted by Crippen LogP contribution is 2.58. The minimum Gasteiger partial charge on any atom is -0.465 e. The zero-order valence-electron chi connectivity index (χ0n) is 23.7. The molecule has 8 heteroatoms. The number of benzene rings is 2. The summed E-state index contributed by atoms with van der Waals surface area (Å²) in [4.78, 5) is 46.4. The molecule has 4 aliphatic rings. The molecule has 2 saturated heterocycles. The molecule has 1 unspecified atom stereocenters. The Morgan fingerprint density at radius 1 is 0.951 bits per heavy atom. The molecule has 41 heavy (non-hydrogen) atoms. The van der Waals surface area contributed by atoms with Crippen LogP contribution in [0.5, 0.6) is 0 Å². The predicted molar refractivity (Wildman–Crippen MR) is 153 cm³/mol. The number of likely N-dealkylation sites (tertiary alicyclic amines) is 1. The van der Waals surface area contributed by atoms with Crippen LogP contribution >= 0.6 is 0 Å². The first kappa shape index (κ1) is 27.4. The third-order valence-electron chi connectivity index (χ3n) is 9.09. The summed E-state index contributed by atoms with van der Waals surface area (Å²) in [6.45, 7) is 5.84. The predicted octanol–water partition coefficient (Wildman–Crippen LogP) is 3.80. The molecule has 214 valence electrons. The second kappa shape index (κ2) is 10.3. The largest absolute Gasteiger partial charge is 0.465 e. The zero-order valence-corrected chi connectivity index (χ0v) is 23.7. The Morgan fingerprint density at radius 2 is 1.68 bits per heavy atom. The standard InChI is InChI=1S/C33H36N2O6/c1-21-12-10-13-22(2)27(21)34-18-11-17-33-25(26-31(39)40-19-9-5-8-16-32(26,3)41-33)29(37)35(28(33)30(34)38)24(20-36)23-14-6-4-7-15-23/h4,6-8,10-17,24-26,28,36H,5,9,18-20H2,1-3H3/b16-8-/t24-,25+,26-,28?,32+,33+/m1/s1. The number of hydrogen-bond donors (Lipinski definition) is 1. The van der Waals surface area contributed by atoms with Gasteiger partial charge in [0.2, 0.25) is 5.91 Å². The lowest BCUT2D eigenvalue weighted by Gasteiger charge is -2.40. The Labute approximate surface area is 240 Å². The van der Waals surface area contributed by atoms with Gasteiger partial charge in [-0.25, -0.2) is 0 Å². The van der Waals surface area contributed by atoms with E-state index < -0.39 is 53.6 Å². The molecule has 8 nitrogen and oxygen atoms in total. The molecule has 2 fully saturated rings. The summed E-state index contributed by atoms with van der Waals surface area (Å²) in [6.07, 6.45) is 8.89. The van der Waals surface area contributed by atoms with Crippen molar-refractivity contribution in [1.29, 1.82) is 0 Å². The number of aryl methyl sites for hydroxylation is 2. The van der Waals surface area contributed by atoms with Crippen LogP contribution in [0.2, 0.25) is 0 Å². The minimum absolute atomic E-state index is 0.245. The molecule has 0 bridgehead atoms. The van der Waals surface area contributed by atoms with Gasteiger partial charge in [0, 0.05) is 12.2 Å². The lowest BCUT2D eigenvalue weighted by Crippen LogP contribution is -2.57. The van der Waals surface area contributed by atoms with Gasteiger partial charge in [-0.1, -0.05) is 72.8 Å². The van der Waals surface area contributed by atoms with Crippen molar-refractivity contribution >= 4 is 23.5 Å². The maximum absolute atomic E-state index is 14.9. The lowest BCUT2D eigenvalue weighted by atomic mass is 9.74. The van der Waals surface area contributed by atoms with Crippen molar-refractivity contribution in [3.05, 3.63) is 89.5 Å². The number of ether oxygens (including phenoxy) is 2. The Hall–Kier alpha value is -3.75. The van der Waals surface area contributed by atoms with E-state index in [4.69, 9.17) is 9.47 Å². The average Bonchev–Trinajstić information content (AvgIpc) is 3.30. The third-order valence-corrected chi connectivity index (χ3v) is 9.09. The summed E-state index contributed by atoms with van der Waals surface area (Å²) in [5, 5.41) is 10.7. The second-order valence-corrected chi connectivity index (χ2v) is 11.7. The number of anilines is 1.